The van der Waals surface area contributed by atoms with Crippen LogP contribution in [0.15, 0.2) is 48.0 Å². The molecule has 0 aliphatic carbocycles. The van der Waals surface area contributed by atoms with Gasteiger partial charge in [-0.2, -0.15) is 0 Å². The maximum Gasteiger partial charge on any atom is 0.254 e. The number of β-amino-alcohol motifs (C(OH)–C–C–N with tert-alkyl or cyclic N) is 1. The van der Waals surface area contributed by atoms with Gasteiger partial charge in [0, 0.05) is 31.7 Å². The summed E-state index contributed by atoms with van der Waals surface area (Å²) in [4.78, 5) is 17.8. The lowest BCUT2D eigenvalue weighted by Gasteiger charge is -2.25. The third-order valence-electron chi connectivity index (χ3n) is 6.00. The highest BCUT2D eigenvalue weighted by Gasteiger charge is 2.23. The van der Waals surface area contributed by atoms with Gasteiger partial charge in [0.25, 0.3) is 5.91 Å². The quantitative estimate of drug-likeness (QED) is 0.542. The number of hydrogen-bond acceptors (Lipinski definition) is 6. The van der Waals surface area contributed by atoms with Gasteiger partial charge in [-0.1, -0.05) is 42.0 Å². The van der Waals surface area contributed by atoms with E-state index in [0.29, 0.717) is 42.4 Å². The van der Waals surface area contributed by atoms with E-state index in [9.17, 15) is 9.90 Å². The van der Waals surface area contributed by atoms with Gasteiger partial charge in [-0.25, -0.2) is 0 Å². The molecule has 0 saturated carbocycles. The van der Waals surface area contributed by atoms with Gasteiger partial charge in [-0.05, 0) is 44.0 Å². The molecule has 1 fully saturated rings. The molecular formula is C27H36N2O5. The van der Waals surface area contributed by atoms with Crippen LogP contribution in [0.25, 0.3) is 6.08 Å². The number of carbonyl (C=O) groups is 1. The van der Waals surface area contributed by atoms with Crippen molar-refractivity contribution in [2.75, 3.05) is 54.1 Å². The normalized spacial score (nSPS) is 16.4. The van der Waals surface area contributed by atoms with Crippen molar-refractivity contribution in [1.29, 1.82) is 0 Å². The van der Waals surface area contributed by atoms with Gasteiger partial charge in [0.05, 0.1) is 27.4 Å². The average Bonchev–Trinajstić information content (AvgIpc) is 3.27. The highest BCUT2D eigenvalue weighted by atomic mass is 16.5. The first-order chi connectivity index (χ1) is 16.4. The van der Waals surface area contributed by atoms with E-state index in [0.717, 1.165) is 37.1 Å². The topological polar surface area (TPSA) is 71.5 Å². The molecule has 0 radical (unpaired) electrons. The Hall–Kier alpha value is -3.03. The molecule has 7 nitrogen and oxygen atoms in total. The molecule has 1 aliphatic rings. The van der Waals surface area contributed by atoms with Gasteiger partial charge in [-0.3, -0.25) is 4.79 Å². The molecular weight excluding hydrogens is 432 g/mol. The Morgan fingerprint density at radius 3 is 2.35 bits per heavy atom. The fourth-order valence-electron chi connectivity index (χ4n) is 4.32. The summed E-state index contributed by atoms with van der Waals surface area (Å²) in [6.07, 6.45) is 3.49. The Morgan fingerprint density at radius 1 is 1.12 bits per heavy atom. The van der Waals surface area contributed by atoms with Crippen molar-refractivity contribution in [1.82, 2.24) is 9.80 Å². The number of ether oxygens (including phenoxy) is 3. The third-order valence-corrected chi connectivity index (χ3v) is 6.00. The number of amides is 1. The van der Waals surface area contributed by atoms with Crippen molar-refractivity contribution >= 4 is 12.0 Å². The number of aliphatic hydroxyl groups excluding tert-OH is 1. The molecule has 34 heavy (non-hydrogen) atoms. The lowest BCUT2D eigenvalue weighted by molar-refractivity contribution is 0.0762. The lowest BCUT2D eigenvalue weighted by atomic mass is 10.1. The van der Waals surface area contributed by atoms with Gasteiger partial charge in [0.15, 0.2) is 11.5 Å². The van der Waals surface area contributed by atoms with Crippen molar-refractivity contribution in [3.05, 3.63) is 59.2 Å². The van der Waals surface area contributed by atoms with Gasteiger partial charge in [0.1, 0.15) is 0 Å². The zero-order valence-electron chi connectivity index (χ0n) is 20.6. The third kappa shape index (κ3) is 6.74. The summed E-state index contributed by atoms with van der Waals surface area (Å²) < 4.78 is 16.3. The minimum atomic E-state index is -0.243. The van der Waals surface area contributed by atoms with Gasteiger partial charge in [-0.15, -0.1) is 0 Å². The average molecular weight is 469 g/mol. The van der Waals surface area contributed by atoms with Crippen LogP contribution >= 0.6 is 0 Å². The van der Waals surface area contributed by atoms with E-state index in [1.54, 1.807) is 33.5 Å². The van der Waals surface area contributed by atoms with Crippen molar-refractivity contribution in [2.45, 2.75) is 25.9 Å². The Balaban J connectivity index is 1.81. The summed E-state index contributed by atoms with van der Waals surface area (Å²) in [5.74, 6) is 1.27. The van der Waals surface area contributed by atoms with Crippen LogP contribution in [0.4, 0.5) is 0 Å². The van der Waals surface area contributed by atoms with E-state index in [2.05, 4.69) is 11.0 Å². The van der Waals surface area contributed by atoms with Gasteiger partial charge < -0.3 is 29.1 Å². The van der Waals surface area contributed by atoms with Gasteiger partial charge in [0.2, 0.25) is 5.75 Å². The molecule has 184 valence electrons. The largest absolute Gasteiger partial charge is 0.493 e. The zero-order chi connectivity index (χ0) is 24.5. The second kappa shape index (κ2) is 12.4. The minimum absolute atomic E-state index is 0.0958. The SMILES string of the molecule is COc1cc(C(=O)N(CCCN2CC[C@@H](O)C2)CC(C)=Cc2ccccc2)cc(OC)c1OC. The standard InChI is InChI=1S/C27H36N2O5/c1-20(15-21-9-6-5-7-10-21)18-29(13-8-12-28-14-11-23(30)19-28)27(31)22-16-24(32-2)26(34-4)25(17-22)33-3/h5-7,9-10,15-17,23,30H,8,11-14,18-19H2,1-4H3/t23-/m1/s1. The van der Waals surface area contributed by atoms with Gasteiger partial charge >= 0.3 is 0 Å². The molecule has 1 atom stereocenters. The minimum Gasteiger partial charge on any atom is -0.493 e. The molecule has 2 aromatic carbocycles. The highest BCUT2D eigenvalue weighted by molar-refractivity contribution is 5.96. The fourth-order valence-corrected chi connectivity index (χ4v) is 4.32. The number of aliphatic hydroxyl groups is 1. The first kappa shape index (κ1) is 25.6. The maximum atomic E-state index is 13.6. The van der Waals surface area contributed by atoms with E-state index in [4.69, 9.17) is 14.2 Å². The summed E-state index contributed by atoms with van der Waals surface area (Å²) in [5.41, 5.74) is 2.67. The monoisotopic (exact) mass is 468 g/mol. The predicted molar refractivity (Wildman–Crippen MR) is 134 cm³/mol. The van der Waals surface area contributed by atoms with Crippen LogP contribution < -0.4 is 14.2 Å². The number of methoxy groups -OCH3 is 3. The molecule has 7 heteroatoms. The van der Waals surface area contributed by atoms with Crippen LogP contribution in [0.1, 0.15) is 35.7 Å². The smallest absolute Gasteiger partial charge is 0.254 e. The number of likely N-dealkylation sites (tertiary alicyclic amines) is 1. The van der Waals surface area contributed by atoms with Crippen molar-refractivity contribution in [3.8, 4) is 17.2 Å². The first-order valence-electron chi connectivity index (χ1n) is 11.7. The Labute approximate surface area is 202 Å². The van der Waals surface area contributed by atoms with E-state index in [-0.39, 0.29) is 12.0 Å². The van der Waals surface area contributed by atoms with Crippen molar-refractivity contribution < 1.29 is 24.1 Å². The van der Waals surface area contributed by atoms with Crippen LogP contribution in [0.2, 0.25) is 0 Å². The Morgan fingerprint density at radius 2 is 1.79 bits per heavy atom. The molecule has 1 saturated heterocycles. The molecule has 2 aromatic rings. The summed E-state index contributed by atoms with van der Waals surface area (Å²) in [6.45, 7) is 5.59. The summed E-state index contributed by atoms with van der Waals surface area (Å²) in [7, 11) is 4.63. The highest BCUT2D eigenvalue weighted by Crippen LogP contribution is 2.38. The second-order valence-corrected chi connectivity index (χ2v) is 8.64. The molecule has 0 unspecified atom stereocenters. The molecule has 1 heterocycles. The van der Waals surface area contributed by atoms with Crippen LogP contribution in [-0.4, -0.2) is 81.0 Å². The molecule has 1 amide bonds. The fraction of sp³-hybridized carbons (Fsp3) is 0.444. The first-order valence-corrected chi connectivity index (χ1v) is 11.7. The number of rotatable bonds is 11. The van der Waals surface area contributed by atoms with E-state index in [1.165, 1.54) is 0 Å². The molecule has 1 N–H and O–H groups in total. The number of nitrogens with zero attached hydrogens (tertiary/aromatic N) is 2. The molecule has 0 aromatic heterocycles. The van der Waals surface area contributed by atoms with Crippen LogP contribution in [-0.2, 0) is 0 Å². The summed E-state index contributed by atoms with van der Waals surface area (Å²) in [6, 6.07) is 13.5. The summed E-state index contributed by atoms with van der Waals surface area (Å²) in [5, 5.41) is 9.80. The Bertz CT molecular complexity index is 951. The van der Waals surface area contributed by atoms with E-state index < -0.39 is 0 Å². The van der Waals surface area contributed by atoms with E-state index >= 15 is 0 Å². The second-order valence-electron chi connectivity index (χ2n) is 8.64. The number of carbonyl (C=O) groups excluding carboxylic acids is 1. The predicted octanol–water partition coefficient (Wildman–Crippen LogP) is 3.71. The van der Waals surface area contributed by atoms with Crippen LogP contribution in [0.3, 0.4) is 0 Å². The van der Waals surface area contributed by atoms with Crippen LogP contribution in [0.5, 0.6) is 17.2 Å². The number of hydrogen-bond donors (Lipinski definition) is 1. The van der Waals surface area contributed by atoms with E-state index in [1.807, 2.05) is 42.2 Å². The van der Waals surface area contributed by atoms with Crippen LogP contribution in [0, 0.1) is 0 Å². The molecule has 3 rings (SSSR count). The Kier molecular flexibility index (Phi) is 9.36. The maximum absolute atomic E-state index is 13.6. The van der Waals surface area contributed by atoms with Crippen molar-refractivity contribution in [2.24, 2.45) is 0 Å². The van der Waals surface area contributed by atoms with Crippen molar-refractivity contribution in [3.63, 3.8) is 0 Å². The lowest BCUT2D eigenvalue weighted by Crippen LogP contribution is -2.35. The summed E-state index contributed by atoms with van der Waals surface area (Å²) >= 11 is 0. The molecule has 1 aliphatic heterocycles. The molecule has 0 bridgehead atoms. The molecule has 0 spiro atoms. The number of benzene rings is 2. The zero-order valence-corrected chi connectivity index (χ0v) is 20.6.